The highest BCUT2D eigenvalue weighted by atomic mass is 35.5. The Balaban J connectivity index is 1.61. The van der Waals surface area contributed by atoms with Gasteiger partial charge < -0.3 is 0 Å². The van der Waals surface area contributed by atoms with Crippen LogP contribution in [0.4, 0.5) is 10.8 Å². The van der Waals surface area contributed by atoms with Crippen LogP contribution < -0.4 is 10.0 Å². The lowest BCUT2D eigenvalue weighted by atomic mass is 10.1. The van der Waals surface area contributed by atoms with Gasteiger partial charge in [-0.15, -0.1) is 0 Å². The summed E-state index contributed by atoms with van der Waals surface area (Å²) < 4.78 is 28.9. The van der Waals surface area contributed by atoms with Crippen molar-refractivity contribution in [2.24, 2.45) is 0 Å². The van der Waals surface area contributed by atoms with E-state index in [1.54, 1.807) is 18.2 Å². The fraction of sp³-hybridized carbons (Fsp3) is 0.0909. The van der Waals surface area contributed by atoms with E-state index in [0.717, 1.165) is 21.3 Å². The number of fused-ring (bicyclic) bond motifs is 1. The molecule has 0 unspecified atom stereocenters. The summed E-state index contributed by atoms with van der Waals surface area (Å²) in [4.78, 5) is 17.4. The Morgan fingerprint density at radius 3 is 2.42 bits per heavy atom. The van der Waals surface area contributed by atoms with Gasteiger partial charge in [0.25, 0.3) is 15.9 Å². The molecule has 31 heavy (non-hydrogen) atoms. The fourth-order valence-electron chi connectivity index (χ4n) is 2.99. The SMILES string of the molecule is Cc1cc2nc(NC(=O)c3ccccc3NS(=O)(=O)c3ccc(Cl)cc3)sc2cc1C. The average molecular weight is 472 g/mol. The number of anilines is 2. The Hall–Kier alpha value is -2.94. The second-order valence-corrected chi connectivity index (χ2v) is 10.1. The fourth-order valence-corrected chi connectivity index (χ4v) is 5.13. The molecule has 3 aromatic carbocycles. The van der Waals surface area contributed by atoms with Gasteiger partial charge in [-0.25, -0.2) is 13.4 Å². The molecule has 0 atom stereocenters. The highest BCUT2D eigenvalue weighted by Gasteiger charge is 2.19. The van der Waals surface area contributed by atoms with Crippen molar-refractivity contribution in [2.75, 3.05) is 10.0 Å². The van der Waals surface area contributed by atoms with Crippen molar-refractivity contribution in [3.8, 4) is 0 Å². The van der Waals surface area contributed by atoms with Gasteiger partial charge in [0.15, 0.2) is 5.13 Å². The molecule has 0 saturated heterocycles. The lowest BCUT2D eigenvalue weighted by Gasteiger charge is -2.12. The third-order valence-electron chi connectivity index (χ3n) is 4.76. The summed E-state index contributed by atoms with van der Waals surface area (Å²) in [5, 5.41) is 3.65. The van der Waals surface area contributed by atoms with Gasteiger partial charge in [0.05, 0.1) is 26.4 Å². The van der Waals surface area contributed by atoms with Crippen LogP contribution in [0.5, 0.6) is 0 Å². The van der Waals surface area contributed by atoms with Crippen molar-refractivity contribution in [2.45, 2.75) is 18.7 Å². The lowest BCUT2D eigenvalue weighted by Crippen LogP contribution is -2.18. The Labute approximate surface area is 189 Å². The average Bonchev–Trinajstić information content (AvgIpc) is 3.09. The standard InChI is InChI=1S/C22H18ClN3O3S2/c1-13-11-19-20(12-14(13)2)30-22(24-19)25-21(27)17-5-3-4-6-18(17)26-31(28,29)16-9-7-15(23)8-10-16/h3-12,26H,1-2H3,(H,24,25,27). The zero-order valence-corrected chi connectivity index (χ0v) is 19.0. The second-order valence-electron chi connectivity index (χ2n) is 6.98. The molecule has 158 valence electrons. The van der Waals surface area contributed by atoms with Crippen molar-refractivity contribution in [1.29, 1.82) is 0 Å². The minimum absolute atomic E-state index is 0.0454. The van der Waals surface area contributed by atoms with Crippen LogP contribution in [0.25, 0.3) is 10.2 Å². The molecule has 0 fully saturated rings. The van der Waals surface area contributed by atoms with Crippen molar-refractivity contribution < 1.29 is 13.2 Å². The molecular formula is C22H18ClN3O3S2. The number of amides is 1. The van der Waals surface area contributed by atoms with Crippen LogP contribution in [0.2, 0.25) is 5.02 Å². The van der Waals surface area contributed by atoms with E-state index in [4.69, 9.17) is 11.6 Å². The number of thiazole rings is 1. The van der Waals surface area contributed by atoms with Crippen LogP contribution in [0.3, 0.4) is 0 Å². The molecule has 1 amide bonds. The molecule has 1 aromatic heterocycles. The predicted octanol–water partition coefficient (Wildman–Crippen LogP) is 5.62. The number of hydrogen-bond acceptors (Lipinski definition) is 5. The number of para-hydroxylation sites is 1. The molecule has 0 bridgehead atoms. The van der Waals surface area contributed by atoms with Gasteiger partial charge in [-0.1, -0.05) is 35.1 Å². The van der Waals surface area contributed by atoms with E-state index in [2.05, 4.69) is 15.0 Å². The molecular weight excluding hydrogens is 454 g/mol. The first-order valence-corrected chi connectivity index (χ1v) is 12.0. The minimum Gasteiger partial charge on any atom is -0.298 e. The smallest absolute Gasteiger partial charge is 0.261 e. The van der Waals surface area contributed by atoms with Gasteiger partial charge in [-0.05, 0) is 73.5 Å². The molecule has 0 spiro atoms. The van der Waals surface area contributed by atoms with Crippen LogP contribution in [0.1, 0.15) is 21.5 Å². The van der Waals surface area contributed by atoms with Gasteiger partial charge in [0, 0.05) is 5.02 Å². The summed E-state index contributed by atoms with van der Waals surface area (Å²) in [6, 6.07) is 16.2. The van der Waals surface area contributed by atoms with E-state index < -0.39 is 15.9 Å². The number of aromatic nitrogens is 1. The van der Waals surface area contributed by atoms with Crippen LogP contribution in [0, 0.1) is 13.8 Å². The summed E-state index contributed by atoms with van der Waals surface area (Å²) in [5.41, 5.74) is 3.43. The van der Waals surface area contributed by atoms with E-state index in [1.165, 1.54) is 41.7 Å². The number of halogens is 1. The summed E-state index contributed by atoms with van der Waals surface area (Å²) in [5.74, 6) is -0.457. The normalized spacial score (nSPS) is 11.5. The molecule has 9 heteroatoms. The molecule has 4 aromatic rings. The number of carbonyl (C=O) groups excluding carboxylic acids is 1. The maximum Gasteiger partial charge on any atom is 0.261 e. The maximum atomic E-state index is 12.9. The summed E-state index contributed by atoms with van der Waals surface area (Å²) >= 11 is 7.21. The van der Waals surface area contributed by atoms with Gasteiger partial charge >= 0.3 is 0 Å². The first kappa shape index (κ1) is 21.3. The number of benzene rings is 3. The molecule has 0 radical (unpaired) electrons. The maximum absolute atomic E-state index is 12.9. The number of aryl methyl sites for hydroxylation is 2. The van der Waals surface area contributed by atoms with Crippen molar-refractivity contribution in [3.05, 3.63) is 82.4 Å². The van der Waals surface area contributed by atoms with Gasteiger partial charge in [-0.2, -0.15) is 0 Å². The second kappa shape index (κ2) is 8.30. The third kappa shape index (κ3) is 4.56. The quantitative estimate of drug-likeness (QED) is 0.395. The Kier molecular flexibility index (Phi) is 5.70. The van der Waals surface area contributed by atoms with Gasteiger partial charge in [0.1, 0.15) is 0 Å². The third-order valence-corrected chi connectivity index (χ3v) is 7.33. The predicted molar refractivity (Wildman–Crippen MR) is 126 cm³/mol. The van der Waals surface area contributed by atoms with Crippen LogP contribution >= 0.6 is 22.9 Å². The Morgan fingerprint density at radius 2 is 1.68 bits per heavy atom. The number of sulfonamides is 1. The van der Waals surface area contributed by atoms with E-state index in [0.29, 0.717) is 10.2 Å². The molecule has 4 rings (SSSR count). The highest BCUT2D eigenvalue weighted by molar-refractivity contribution is 7.92. The van der Waals surface area contributed by atoms with Gasteiger partial charge in [-0.3, -0.25) is 14.8 Å². The first-order valence-electron chi connectivity index (χ1n) is 9.29. The van der Waals surface area contributed by atoms with E-state index in [-0.39, 0.29) is 16.1 Å². The minimum atomic E-state index is -3.89. The number of carbonyl (C=O) groups is 1. The molecule has 6 nitrogen and oxygen atoms in total. The van der Waals surface area contributed by atoms with E-state index in [1.807, 2.05) is 26.0 Å². The number of hydrogen-bond donors (Lipinski definition) is 2. The monoisotopic (exact) mass is 471 g/mol. The molecule has 0 aliphatic rings. The summed E-state index contributed by atoms with van der Waals surface area (Å²) in [6.07, 6.45) is 0. The van der Waals surface area contributed by atoms with Gasteiger partial charge in [0.2, 0.25) is 0 Å². The largest absolute Gasteiger partial charge is 0.298 e. The first-order chi connectivity index (χ1) is 14.7. The topological polar surface area (TPSA) is 88.2 Å². The van der Waals surface area contributed by atoms with Crippen molar-refractivity contribution >= 4 is 59.9 Å². The Bertz CT molecular complexity index is 1360. The van der Waals surface area contributed by atoms with E-state index in [9.17, 15) is 13.2 Å². The zero-order valence-electron chi connectivity index (χ0n) is 16.6. The zero-order chi connectivity index (χ0) is 22.2. The number of nitrogens with zero attached hydrogens (tertiary/aromatic N) is 1. The van der Waals surface area contributed by atoms with E-state index >= 15 is 0 Å². The molecule has 0 aliphatic carbocycles. The number of nitrogens with one attached hydrogen (secondary N) is 2. The molecule has 0 saturated carbocycles. The molecule has 0 aliphatic heterocycles. The molecule has 1 heterocycles. The summed E-state index contributed by atoms with van der Waals surface area (Å²) in [6.45, 7) is 4.03. The van der Waals surface area contributed by atoms with Crippen molar-refractivity contribution in [1.82, 2.24) is 4.98 Å². The lowest BCUT2D eigenvalue weighted by molar-refractivity contribution is 0.102. The highest BCUT2D eigenvalue weighted by Crippen LogP contribution is 2.29. The van der Waals surface area contributed by atoms with Crippen LogP contribution in [-0.2, 0) is 10.0 Å². The van der Waals surface area contributed by atoms with Crippen LogP contribution in [0.15, 0.2) is 65.6 Å². The van der Waals surface area contributed by atoms with Crippen molar-refractivity contribution in [3.63, 3.8) is 0 Å². The number of rotatable bonds is 5. The summed E-state index contributed by atoms with van der Waals surface area (Å²) in [7, 11) is -3.89. The van der Waals surface area contributed by atoms with Crippen LogP contribution in [-0.4, -0.2) is 19.3 Å². The molecule has 2 N–H and O–H groups in total. The Morgan fingerprint density at radius 1 is 1.00 bits per heavy atom.